The highest BCUT2D eigenvalue weighted by atomic mass is 35.5. The Balaban J connectivity index is 0.00000208. The van der Waals surface area contributed by atoms with Gasteiger partial charge in [0, 0.05) is 26.2 Å². The Hall–Kier alpha value is -1.15. The molecule has 8 heteroatoms. The van der Waals surface area contributed by atoms with E-state index in [0.717, 1.165) is 11.6 Å². The summed E-state index contributed by atoms with van der Waals surface area (Å²) in [5, 5.41) is 6.85. The summed E-state index contributed by atoms with van der Waals surface area (Å²) in [6, 6.07) is 4.82. The Morgan fingerprint density at radius 2 is 1.83 bits per heavy atom. The van der Waals surface area contributed by atoms with E-state index in [9.17, 15) is 17.6 Å². The molecule has 1 aliphatic rings. The van der Waals surface area contributed by atoms with E-state index in [0.29, 0.717) is 26.2 Å². The van der Waals surface area contributed by atoms with E-state index >= 15 is 0 Å². The van der Waals surface area contributed by atoms with Gasteiger partial charge in [-0.1, -0.05) is 12.1 Å². The Morgan fingerprint density at radius 1 is 1.12 bits per heavy atom. The van der Waals surface area contributed by atoms with Crippen LogP contribution in [0.2, 0.25) is 0 Å². The second kappa shape index (κ2) is 7.82. The highest BCUT2D eigenvalue weighted by molar-refractivity contribution is 7.08. The van der Waals surface area contributed by atoms with Crippen LogP contribution in [0.4, 0.5) is 17.6 Å². The molecule has 2 heterocycles. The molecule has 1 aromatic heterocycles. The lowest BCUT2D eigenvalue weighted by atomic mass is 9.93. The van der Waals surface area contributed by atoms with Gasteiger partial charge >= 0.3 is 6.18 Å². The molecule has 1 atom stereocenters. The molecule has 1 aromatic carbocycles. The first-order chi connectivity index (χ1) is 11.0. The maximum Gasteiger partial charge on any atom is 0.419 e. The molecule has 0 radical (unpaired) electrons. The van der Waals surface area contributed by atoms with Gasteiger partial charge in [-0.25, -0.2) is 4.39 Å². The van der Waals surface area contributed by atoms with Gasteiger partial charge in [-0.15, -0.1) is 12.4 Å². The van der Waals surface area contributed by atoms with Gasteiger partial charge in [0.25, 0.3) is 0 Å². The SMILES string of the molecule is Cl.Fc1cccc([C@@H](c2ccsc2)N2CCNCC2)c1C(F)(F)F. The van der Waals surface area contributed by atoms with E-state index < -0.39 is 23.6 Å². The monoisotopic (exact) mass is 380 g/mol. The second-order valence-electron chi connectivity index (χ2n) is 5.45. The van der Waals surface area contributed by atoms with Crippen molar-refractivity contribution < 1.29 is 17.6 Å². The summed E-state index contributed by atoms with van der Waals surface area (Å²) in [7, 11) is 0. The summed E-state index contributed by atoms with van der Waals surface area (Å²) in [4.78, 5) is 1.97. The second-order valence-corrected chi connectivity index (χ2v) is 6.23. The number of nitrogens with zero attached hydrogens (tertiary/aromatic N) is 1. The Labute approximate surface area is 147 Å². The first-order valence-corrected chi connectivity index (χ1v) is 8.25. The number of benzene rings is 1. The molecule has 1 fully saturated rings. The minimum absolute atomic E-state index is 0. The number of piperazine rings is 1. The molecule has 1 saturated heterocycles. The zero-order chi connectivity index (χ0) is 16.4. The topological polar surface area (TPSA) is 15.3 Å². The van der Waals surface area contributed by atoms with E-state index in [-0.39, 0.29) is 18.0 Å². The van der Waals surface area contributed by atoms with E-state index in [2.05, 4.69) is 5.32 Å². The van der Waals surface area contributed by atoms with Gasteiger partial charge in [0.1, 0.15) is 5.82 Å². The van der Waals surface area contributed by atoms with E-state index in [4.69, 9.17) is 0 Å². The van der Waals surface area contributed by atoms with E-state index in [1.54, 1.807) is 0 Å². The standard InChI is InChI=1S/C16H16F4N2S.ClH/c17-13-3-1-2-12(14(13)16(18,19)20)15(11-4-9-23-10-11)22-7-5-21-6-8-22;/h1-4,9-10,15,21H,5-8H2;1H/t15-;/m1./s1. The third-order valence-corrected chi connectivity index (χ3v) is 4.70. The Kier molecular flexibility index (Phi) is 6.25. The summed E-state index contributed by atoms with van der Waals surface area (Å²) in [5.41, 5.74) is -0.402. The molecule has 0 unspecified atom stereocenters. The van der Waals surface area contributed by atoms with Crippen molar-refractivity contribution in [3.8, 4) is 0 Å². The van der Waals surface area contributed by atoms with Crippen LogP contribution in [-0.2, 0) is 6.18 Å². The molecule has 24 heavy (non-hydrogen) atoms. The van der Waals surface area contributed by atoms with Gasteiger partial charge in [0.15, 0.2) is 0 Å². The molecule has 132 valence electrons. The normalized spacial score (nSPS) is 17.3. The maximum absolute atomic E-state index is 14.0. The molecule has 0 aliphatic carbocycles. The fraction of sp³-hybridized carbons (Fsp3) is 0.375. The summed E-state index contributed by atoms with van der Waals surface area (Å²) in [6.07, 6.45) is -4.72. The summed E-state index contributed by atoms with van der Waals surface area (Å²) in [6.45, 7) is 2.65. The zero-order valence-electron chi connectivity index (χ0n) is 12.6. The number of rotatable bonds is 3. The molecule has 1 N–H and O–H groups in total. The molecule has 3 rings (SSSR count). The molecule has 0 amide bonds. The van der Waals surface area contributed by atoms with Gasteiger partial charge in [-0.2, -0.15) is 24.5 Å². The largest absolute Gasteiger partial charge is 0.419 e. The summed E-state index contributed by atoms with van der Waals surface area (Å²) in [5.74, 6) is -1.22. The van der Waals surface area contributed by atoms with Crippen LogP contribution in [-0.4, -0.2) is 31.1 Å². The molecule has 0 saturated carbocycles. The highest BCUT2D eigenvalue weighted by Gasteiger charge is 2.40. The van der Waals surface area contributed by atoms with Crippen molar-refractivity contribution in [2.75, 3.05) is 26.2 Å². The third kappa shape index (κ3) is 3.91. The lowest BCUT2D eigenvalue weighted by Gasteiger charge is -2.36. The van der Waals surface area contributed by atoms with E-state index in [1.165, 1.54) is 23.5 Å². The lowest BCUT2D eigenvalue weighted by molar-refractivity contribution is -0.141. The Morgan fingerprint density at radius 3 is 2.42 bits per heavy atom. The van der Waals surface area contributed by atoms with Gasteiger partial charge in [0.05, 0.1) is 11.6 Å². The minimum atomic E-state index is -4.72. The molecular weight excluding hydrogens is 364 g/mol. The van der Waals surface area contributed by atoms with Crippen molar-refractivity contribution in [3.63, 3.8) is 0 Å². The van der Waals surface area contributed by atoms with Crippen molar-refractivity contribution in [1.29, 1.82) is 0 Å². The van der Waals surface area contributed by atoms with Crippen LogP contribution in [0.25, 0.3) is 0 Å². The smallest absolute Gasteiger partial charge is 0.314 e. The van der Waals surface area contributed by atoms with Crippen LogP contribution in [0.3, 0.4) is 0 Å². The average molecular weight is 381 g/mol. The minimum Gasteiger partial charge on any atom is -0.314 e. The van der Waals surface area contributed by atoms with Gasteiger partial charge in [-0.05, 0) is 34.0 Å². The molecular formula is C16H17ClF4N2S. The first-order valence-electron chi connectivity index (χ1n) is 7.31. The quantitative estimate of drug-likeness (QED) is 0.798. The van der Waals surface area contributed by atoms with Crippen molar-refractivity contribution in [2.45, 2.75) is 12.2 Å². The lowest BCUT2D eigenvalue weighted by Crippen LogP contribution is -2.45. The van der Waals surface area contributed by atoms with Crippen LogP contribution in [0.5, 0.6) is 0 Å². The van der Waals surface area contributed by atoms with Crippen molar-refractivity contribution in [1.82, 2.24) is 10.2 Å². The molecule has 1 aliphatic heterocycles. The fourth-order valence-electron chi connectivity index (χ4n) is 3.03. The number of hydrogen-bond donors (Lipinski definition) is 1. The van der Waals surface area contributed by atoms with Crippen LogP contribution < -0.4 is 5.32 Å². The van der Waals surface area contributed by atoms with Crippen molar-refractivity contribution in [3.05, 3.63) is 57.5 Å². The summed E-state index contributed by atoms with van der Waals surface area (Å²) < 4.78 is 54.2. The first kappa shape index (κ1) is 19.2. The molecule has 0 spiro atoms. The van der Waals surface area contributed by atoms with Crippen LogP contribution in [0.15, 0.2) is 35.0 Å². The fourth-order valence-corrected chi connectivity index (χ4v) is 3.70. The van der Waals surface area contributed by atoms with Gasteiger partial charge in [0.2, 0.25) is 0 Å². The Bertz CT molecular complexity index is 655. The maximum atomic E-state index is 14.0. The van der Waals surface area contributed by atoms with E-state index in [1.807, 2.05) is 21.7 Å². The number of thiophene rings is 1. The highest BCUT2D eigenvalue weighted by Crippen LogP contribution is 2.40. The zero-order valence-corrected chi connectivity index (χ0v) is 14.3. The van der Waals surface area contributed by atoms with Gasteiger partial charge < -0.3 is 5.32 Å². The van der Waals surface area contributed by atoms with Gasteiger partial charge in [-0.3, -0.25) is 4.90 Å². The average Bonchev–Trinajstić information content (AvgIpc) is 3.01. The predicted octanol–water partition coefficient (Wildman–Crippen LogP) is 4.32. The molecule has 0 bridgehead atoms. The predicted molar refractivity (Wildman–Crippen MR) is 89.3 cm³/mol. The van der Waals surface area contributed by atoms with Crippen LogP contribution >= 0.6 is 23.7 Å². The third-order valence-electron chi connectivity index (χ3n) is 4.00. The summed E-state index contributed by atoms with van der Waals surface area (Å²) >= 11 is 1.43. The van der Waals surface area contributed by atoms with Crippen molar-refractivity contribution >= 4 is 23.7 Å². The number of nitrogens with one attached hydrogen (secondary N) is 1. The van der Waals surface area contributed by atoms with Crippen LogP contribution in [0.1, 0.15) is 22.7 Å². The molecule has 2 nitrogen and oxygen atoms in total. The molecule has 2 aromatic rings. The number of halogens is 5. The van der Waals surface area contributed by atoms with Crippen LogP contribution in [0, 0.1) is 5.82 Å². The van der Waals surface area contributed by atoms with Crippen molar-refractivity contribution in [2.24, 2.45) is 0 Å². The number of alkyl halides is 3. The number of hydrogen-bond acceptors (Lipinski definition) is 3.